The predicted octanol–water partition coefficient (Wildman–Crippen LogP) is 2.95. The molecule has 2 aromatic heterocycles. The first kappa shape index (κ1) is 16.6. The topological polar surface area (TPSA) is 70.5 Å². The van der Waals surface area contributed by atoms with Crippen molar-refractivity contribution >= 4 is 23.2 Å². The summed E-state index contributed by atoms with van der Waals surface area (Å²) >= 11 is 1.57. The van der Waals surface area contributed by atoms with E-state index in [1.807, 2.05) is 25.3 Å². The number of carbonyl (C=O) groups excluding carboxylic acids is 1. The van der Waals surface area contributed by atoms with Gasteiger partial charge < -0.3 is 10.0 Å². The maximum Gasteiger partial charge on any atom is 0.308 e. The average molecular weight is 344 g/mol. The third kappa shape index (κ3) is 2.94. The first-order valence-corrected chi connectivity index (χ1v) is 8.89. The molecule has 0 aliphatic carbocycles. The van der Waals surface area contributed by atoms with Crippen molar-refractivity contribution in [3.63, 3.8) is 0 Å². The summed E-state index contributed by atoms with van der Waals surface area (Å²) in [5.74, 6) is -1.74. The molecule has 1 aliphatic rings. The number of thiophene rings is 1. The van der Waals surface area contributed by atoms with Gasteiger partial charge in [-0.15, -0.1) is 11.3 Å². The maximum absolute atomic E-state index is 12.9. The van der Waals surface area contributed by atoms with Gasteiger partial charge in [-0.2, -0.15) is 0 Å². The Bertz CT molecular complexity index is 757. The summed E-state index contributed by atoms with van der Waals surface area (Å²) in [6.45, 7) is 4.71. The Kier molecular flexibility index (Phi) is 4.66. The Morgan fingerprint density at radius 3 is 2.83 bits per heavy atom. The lowest BCUT2D eigenvalue weighted by Gasteiger charge is -2.17. The number of likely N-dealkylation sites (tertiary alicyclic amines) is 1. The molecule has 1 N–H and O–H groups in total. The van der Waals surface area contributed by atoms with Gasteiger partial charge in [-0.05, 0) is 30.5 Å². The minimum absolute atomic E-state index is 0.0613. The minimum Gasteiger partial charge on any atom is -0.481 e. The van der Waals surface area contributed by atoms with Crippen LogP contribution < -0.4 is 0 Å². The minimum atomic E-state index is -0.864. The molecule has 2 aromatic rings. The van der Waals surface area contributed by atoms with Gasteiger partial charge in [-0.3, -0.25) is 14.6 Å². The smallest absolute Gasteiger partial charge is 0.308 e. The van der Waals surface area contributed by atoms with Gasteiger partial charge in [0, 0.05) is 41.7 Å². The zero-order valence-corrected chi connectivity index (χ0v) is 14.5. The summed E-state index contributed by atoms with van der Waals surface area (Å²) in [4.78, 5) is 31.5. The molecule has 1 aliphatic heterocycles. The van der Waals surface area contributed by atoms with Gasteiger partial charge >= 0.3 is 5.97 Å². The number of carboxylic acid groups (broad SMARTS) is 1. The van der Waals surface area contributed by atoms with E-state index in [4.69, 9.17) is 0 Å². The number of rotatable bonds is 4. The lowest BCUT2D eigenvalue weighted by molar-refractivity contribution is -0.141. The van der Waals surface area contributed by atoms with Crippen molar-refractivity contribution in [3.8, 4) is 0 Å². The predicted molar refractivity (Wildman–Crippen MR) is 92.4 cm³/mol. The number of hydrogen-bond donors (Lipinski definition) is 1. The van der Waals surface area contributed by atoms with Gasteiger partial charge in [0.25, 0.3) is 5.91 Å². The van der Waals surface area contributed by atoms with Crippen LogP contribution in [0.5, 0.6) is 0 Å². The van der Waals surface area contributed by atoms with Gasteiger partial charge in [0.15, 0.2) is 0 Å². The number of nitrogens with zero attached hydrogens (tertiary/aromatic N) is 2. The van der Waals surface area contributed by atoms with Gasteiger partial charge in [0.2, 0.25) is 0 Å². The molecule has 0 bridgehead atoms. The van der Waals surface area contributed by atoms with Crippen LogP contribution in [0.3, 0.4) is 0 Å². The van der Waals surface area contributed by atoms with E-state index >= 15 is 0 Å². The Hall–Kier alpha value is -2.21. The molecule has 2 atom stereocenters. The summed E-state index contributed by atoms with van der Waals surface area (Å²) in [5.41, 5.74) is 2.66. The molecule has 6 heteroatoms. The standard InChI is InChI=1S/C18H20N2O3S/c1-3-13-11(2)24-10-16(13)17(21)20-8-14(15(9-20)18(22)23)12-5-4-6-19-7-12/h4-7,10,14-15H,3,8-9H2,1-2H3,(H,22,23)/t14-,15+/m0/s1. The molecule has 1 fully saturated rings. The fourth-order valence-electron chi connectivity index (χ4n) is 3.42. The van der Waals surface area contributed by atoms with Crippen LogP contribution in [-0.4, -0.2) is 40.0 Å². The largest absolute Gasteiger partial charge is 0.481 e. The quantitative estimate of drug-likeness (QED) is 0.926. The summed E-state index contributed by atoms with van der Waals surface area (Å²) in [5, 5.41) is 11.5. The Morgan fingerprint density at radius 2 is 2.21 bits per heavy atom. The number of amides is 1. The van der Waals surface area contributed by atoms with Gasteiger partial charge in [-0.1, -0.05) is 13.0 Å². The molecular weight excluding hydrogens is 324 g/mol. The molecule has 0 spiro atoms. The molecule has 0 unspecified atom stereocenters. The summed E-state index contributed by atoms with van der Waals surface area (Å²) in [6.07, 6.45) is 4.16. The number of hydrogen-bond acceptors (Lipinski definition) is 4. The lowest BCUT2D eigenvalue weighted by Crippen LogP contribution is -2.30. The molecule has 24 heavy (non-hydrogen) atoms. The zero-order chi connectivity index (χ0) is 17.3. The van der Waals surface area contributed by atoms with Crippen LogP contribution in [0, 0.1) is 12.8 Å². The summed E-state index contributed by atoms with van der Waals surface area (Å²) in [6, 6.07) is 3.68. The van der Waals surface area contributed by atoms with Crippen LogP contribution in [0.25, 0.3) is 0 Å². The average Bonchev–Trinajstić information content (AvgIpc) is 3.19. The second-order valence-corrected chi connectivity index (χ2v) is 7.17. The van der Waals surface area contributed by atoms with Gasteiger partial charge in [0.05, 0.1) is 11.5 Å². The summed E-state index contributed by atoms with van der Waals surface area (Å²) < 4.78 is 0. The van der Waals surface area contributed by atoms with Crippen molar-refractivity contribution in [2.45, 2.75) is 26.2 Å². The fourth-order valence-corrected chi connectivity index (χ4v) is 4.36. The number of aliphatic carboxylic acids is 1. The number of carboxylic acids is 1. The van der Waals surface area contributed by atoms with Crippen molar-refractivity contribution in [1.82, 2.24) is 9.88 Å². The molecule has 1 saturated heterocycles. The SMILES string of the molecule is CCc1c(C(=O)N2C[C@@H](C(=O)O)[C@H](c3cccnc3)C2)csc1C. The van der Waals surface area contributed by atoms with E-state index in [9.17, 15) is 14.7 Å². The van der Waals surface area contributed by atoms with E-state index in [1.165, 1.54) is 0 Å². The van der Waals surface area contributed by atoms with Crippen LogP contribution in [0.2, 0.25) is 0 Å². The molecule has 3 heterocycles. The van der Waals surface area contributed by atoms with Crippen LogP contribution in [-0.2, 0) is 11.2 Å². The first-order chi connectivity index (χ1) is 11.5. The molecule has 0 radical (unpaired) electrons. The zero-order valence-electron chi connectivity index (χ0n) is 13.7. The highest BCUT2D eigenvalue weighted by molar-refractivity contribution is 7.10. The van der Waals surface area contributed by atoms with E-state index in [0.29, 0.717) is 6.54 Å². The monoisotopic (exact) mass is 344 g/mol. The van der Waals surface area contributed by atoms with Crippen LogP contribution >= 0.6 is 11.3 Å². The van der Waals surface area contributed by atoms with Crippen molar-refractivity contribution in [2.24, 2.45) is 5.92 Å². The summed E-state index contributed by atoms with van der Waals surface area (Å²) in [7, 11) is 0. The highest BCUT2D eigenvalue weighted by Crippen LogP contribution is 2.34. The Labute approximate surface area is 145 Å². The highest BCUT2D eigenvalue weighted by Gasteiger charge is 2.41. The third-order valence-corrected chi connectivity index (χ3v) is 5.68. The molecule has 1 amide bonds. The Morgan fingerprint density at radius 1 is 1.42 bits per heavy atom. The normalized spacial score (nSPS) is 20.3. The highest BCUT2D eigenvalue weighted by atomic mass is 32.1. The van der Waals surface area contributed by atoms with E-state index in [1.54, 1.807) is 34.7 Å². The Balaban J connectivity index is 1.88. The van der Waals surface area contributed by atoms with Crippen LogP contribution in [0.15, 0.2) is 29.9 Å². The van der Waals surface area contributed by atoms with Crippen LogP contribution in [0.4, 0.5) is 0 Å². The number of pyridine rings is 1. The number of aryl methyl sites for hydroxylation is 1. The van der Waals surface area contributed by atoms with Crippen molar-refractivity contribution in [2.75, 3.05) is 13.1 Å². The number of carbonyl (C=O) groups is 2. The van der Waals surface area contributed by atoms with E-state index in [2.05, 4.69) is 4.98 Å². The lowest BCUT2D eigenvalue weighted by atomic mass is 9.90. The molecular formula is C18H20N2O3S. The van der Waals surface area contributed by atoms with E-state index in [0.717, 1.165) is 28.0 Å². The number of aromatic nitrogens is 1. The molecule has 126 valence electrons. The first-order valence-electron chi connectivity index (χ1n) is 8.01. The molecule has 0 saturated carbocycles. The van der Waals surface area contributed by atoms with Gasteiger partial charge in [-0.25, -0.2) is 0 Å². The van der Waals surface area contributed by atoms with E-state index < -0.39 is 11.9 Å². The molecule has 0 aromatic carbocycles. The fraction of sp³-hybridized carbons (Fsp3) is 0.389. The second-order valence-electron chi connectivity index (χ2n) is 6.09. The third-order valence-electron chi connectivity index (χ3n) is 4.72. The molecule has 5 nitrogen and oxygen atoms in total. The maximum atomic E-state index is 12.9. The van der Waals surface area contributed by atoms with Crippen molar-refractivity contribution < 1.29 is 14.7 Å². The second kappa shape index (κ2) is 6.73. The van der Waals surface area contributed by atoms with Crippen LogP contribution in [0.1, 0.15) is 39.2 Å². The van der Waals surface area contributed by atoms with Crippen molar-refractivity contribution in [3.05, 3.63) is 51.5 Å². The van der Waals surface area contributed by atoms with E-state index in [-0.39, 0.29) is 18.4 Å². The van der Waals surface area contributed by atoms with Gasteiger partial charge in [0.1, 0.15) is 0 Å². The van der Waals surface area contributed by atoms with Crippen molar-refractivity contribution in [1.29, 1.82) is 0 Å². The molecule has 3 rings (SSSR count).